The van der Waals surface area contributed by atoms with Gasteiger partial charge in [-0.2, -0.15) is 0 Å². The van der Waals surface area contributed by atoms with Gasteiger partial charge in [-0.25, -0.2) is 0 Å². The van der Waals surface area contributed by atoms with Gasteiger partial charge in [0.15, 0.2) is 0 Å². The fourth-order valence-corrected chi connectivity index (χ4v) is 2.65. The van der Waals surface area contributed by atoms with Crippen molar-refractivity contribution in [1.82, 2.24) is 9.80 Å². The third-order valence-electron chi connectivity index (χ3n) is 3.80. The number of piperazine rings is 1. The molecule has 1 aromatic rings. The number of aliphatic hydroxyl groups excluding tert-OH is 1. The molecule has 0 aromatic heterocycles. The maximum Gasteiger partial charge on any atom is 0.0917 e. The summed E-state index contributed by atoms with van der Waals surface area (Å²) < 4.78 is 0. The first kappa shape index (κ1) is 13.5. The Hall–Kier alpha value is -0.900. The van der Waals surface area contributed by atoms with Crippen LogP contribution in [-0.2, 0) is 0 Å². The summed E-state index contributed by atoms with van der Waals surface area (Å²) in [6, 6.07) is 8.68. The van der Waals surface area contributed by atoms with Gasteiger partial charge in [-0.05, 0) is 26.5 Å². The molecular formula is C15H24N2O. The van der Waals surface area contributed by atoms with Crippen LogP contribution in [0, 0.1) is 6.92 Å². The Kier molecular flexibility index (Phi) is 4.38. The third-order valence-corrected chi connectivity index (χ3v) is 3.80. The lowest BCUT2D eigenvalue weighted by Gasteiger charge is -2.39. The first-order valence-corrected chi connectivity index (χ1v) is 6.73. The summed E-state index contributed by atoms with van der Waals surface area (Å²) in [6.45, 7) is 8.25. The SMILES string of the molecule is Cc1cccc(C(O)CN2CCN(C)CC2C)c1. The van der Waals surface area contributed by atoms with Gasteiger partial charge < -0.3 is 10.0 Å². The minimum absolute atomic E-state index is 0.379. The molecule has 0 saturated carbocycles. The van der Waals surface area contributed by atoms with Crippen LogP contribution < -0.4 is 0 Å². The minimum Gasteiger partial charge on any atom is -0.387 e. The van der Waals surface area contributed by atoms with E-state index in [1.165, 1.54) is 5.56 Å². The molecule has 1 N–H and O–H groups in total. The molecule has 0 aliphatic carbocycles. The van der Waals surface area contributed by atoms with E-state index in [2.05, 4.69) is 42.8 Å². The van der Waals surface area contributed by atoms with E-state index in [4.69, 9.17) is 0 Å². The molecule has 100 valence electrons. The number of aliphatic hydroxyl groups is 1. The molecule has 1 saturated heterocycles. The molecule has 1 aromatic carbocycles. The fraction of sp³-hybridized carbons (Fsp3) is 0.600. The molecule has 0 radical (unpaired) electrons. The molecule has 3 nitrogen and oxygen atoms in total. The largest absolute Gasteiger partial charge is 0.387 e. The second kappa shape index (κ2) is 5.83. The van der Waals surface area contributed by atoms with E-state index in [9.17, 15) is 5.11 Å². The Morgan fingerprint density at radius 3 is 2.83 bits per heavy atom. The molecule has 2 unspecified atom stereocenters. The number of benzene rings is 1. The number of aryl methyl sites for hydroxylation is 1. The van der Waals surface area contributed by atoms with Crippen LogP contribution in [0.1, 0.15) is 24.2 Å². The van der Waals surface area contributed by atoms with E-state index in [1.807, 2.05) is 12.1 Å². The van der Waals surface area contributed by atoms with Gasteiger partial charge in [0, 0.05) is 32.2 Å². The van der Waals surface area contributed by atoms with Crippen molar-refractivity contribution in [3.05, 3.63) is 35.4 Å². The maximum absolute atomic E-state index is 10.3. The van der Waals surface area contributed by atoms with Crippen molar-refractivity contribution < 1.29 is 5.11 Å². The average Bonchev–Trinajstić information content (AvgIpc) is 2.32. The van der Waals surface area contributed by atoms with Gasteiger partial charge in [-0.1, -0.05) is 29.8 Å². The number of β-amino-alcohol motifs (C(OH)–C–C–N with tert-alkyl or cyclic N) is 1. The summed E-state index contributed by atoms with van der Waals surface area (Å²) in [6.07, 6.45) is -0.379. The normalized spacial score (nSPS) is 24.1. The quantitative estimate of drug-likeness (QED) is 0.881. The molecule has 3 heteroatoms. The minimum atomic E-state index is -0.379. The topological polar surface area (TPSA) is 26.7 Å². The number of rotatable bonds is 3. The third kappa shape index (κ3) is 3.31. The first-order valence-electron chi connectivity index (χ1n) is 6.73. The van der Waals surface area contributed by atoms with Gasteiger partial charge in [0.2, 0.25) is 0 Å². The Morgan fingerprint density at radius 2 is 2.17 bits per heavy atom. The maximum atomic E-state index is 10.3. The van der Waals surface area contributed by atoms with E-state index in [1.54, 1.807) is 0 Å². The highest BCUT2D eigenvalue weighted by atomic mass is 16.3. The second-order valence-corrected chi connectivity index (χ2v) is 5.54. The van der Waals surface area contributed by atoms with Gasteiger partial charge in [-0.3, -0.25) is 4.90 Å². The van der Waals surface area contributed by atoms with Crippen molar-refractivity contribution in [3.63, 3.8) is 0 Å². The second-order valence-electron chi connectivity index (χ2n) is 5.54. The van der Waals surface area contributed by atoms with E-state index in [0.29, 0.717) is 6.04 Å². The zero-order valence-corrected chi connectivity index (χ0v) is 11.6. The molecule has 1 heterocycles. The van der Waals surface area contributed by atoms with E-state index in [0.717, 1.165) is 31.7 Å². The summed E-state index contributed by atoms with van der Waals surface area (Å²) in [7, 11) is 2.16. The van der Waals surface area contributed by atoms with Crippen molar-refractivity contribution in [2.24, 2.45) is 0 Å². The molecule has 1 aliphatic heterocycles. The van der Waals surface area contributed by atoms with Crippen LogP contribution in [0.25, 0.3) is 0 Å². The highest BCUT2D eigenvalue weighted by Gasteiger charge is 2.23. The first-order chi connectivity index (χ1) is 8.56. The Morgan fingerprint density at radius 1 is 1.39 bits per heavy atom. The summed E-state index contributed by atoms with van der Waals surface area (Å²) >= 11 is 0. The Balaban J connectivity index is 1.97. The number of hydrogen-bond donors (Lipinski definition) is 1. The molecule has 1 fully saturated rings. The van der Waals surface area contributed by atoms with Crippen molar-refractivity contribution in [3.8, 4) is 0 Å². The lowest BCUT2D eigenvalue weighted by Crippen LogP contribution is -2.51. The van der Waals surface area contributed by atoms with E-state index >= 15 is 0 Å². The van der Waals surface area contributed by atoms with Crippen LogP contribution in [0.2, 0.25) is 0 Å². The molecular weight excluding hydrogens is 224 g/mol. The van der Waals surface area contributed by atoms with Gasteiger partial charge in [0.05, 0.1) is 6.10 Å². The van der Waals surface area contributed by atoms with Crippen molar-refractivity contribution in [2.45, 2.75) is 26.0 Å². The summed E-state index contributed by atoms with van der Waals surface area (Å²) in [5.41, 5.74) is 2.24. The zero-order chi connectivity index (χ0) is 13.1. The molecule has 1 aliphatic rings. The highest BCUT2D eigenvalue weighted by molar-refractivity contribution is 5.24. The highest BCUT2D eigenvalue weighted by Crippen LogP contribution is 2.18. The van der Waals surface area contributed by atoms with Crippen molar-refractivity contribution >= 4 is 0 Å². The number of likely N-dealkylation sites (N-methyl/N-ethyl adjacent to an activating group) is 1. The summed E-state index contributed by atoms with van der Waals surface area (Å²) in [5, 5.41) is 10.3. The van der Waals surface area contributed by atoms with Crippen LogP contribution in [0.3, 0.4) is 0 Å². The predicted octanol–water partition coefficient (Wildman–Crippen LogP) is 1.66. The monoisotopic (exact) mass is 248 g/mol. The van der Waals surface area contributed by atoms with Crippen molar-refractivity contribution in [1.29, 1.82) is 0 Å². The van der Waals surface area contributed by atoms with E-state index < -0.39 is 0 Å². The van der Waals surface area contributed by atoms with Crippen LogP contribution in [0.4, 0.5) is 0 Å². The van der Waals surface area contributed by atoms with Crippen LogP contribution in [0.5, 0.6) is 0 Å². The molecule has 0 bridgehead atoms. The van der Waals surface area contributed by atoms with Crippen LogP contribution in [0.15, 0.2) is 24.3 Å². The summed E-state index contributed by atoms with van der Waals surface area (Å²) in [4.78, 5) is 4.73. The number of hydrogen-bond acceptors (Lipinski definition) is 3. The van der Waals surface area contributed by atoms with Gasteiger partial charge in [0.25, 0.3) is 0 Å². The summed E-state index contributed by atoms with van der Waals surface area (Å²) in [5.74, 6) is 0. The standard InChI is InChI=1S/C15H24N2O/c1-12-5-4-6-14(9-12)15(18)11-17-8-7-16(3)10-13(17)2/h4-6,9,13,15,18H,7-8,10-11H2,1-3H3. The fourth-order valence-electron chi connectivity index (χ4n) is 2.65. The lowest BCUT2D eigenvalue weighted by molar-refractivity contribution is 0.0474. The molecule has 2 atom stereocenters. The lowest BCUT2D eigenvalue weighted by atomic mass is 10.1. The Bertz CT molecular complexity index is 394. The smallest absolute Gasteiger partial charge is 0.0917 e. The van der Waals surface area contributed by atoms with E-state index in [-0.39, 0.29) is 6.10 Å². The molecule has 2 rings (SSSR count). The molecule has 0 spiro atoms. The molecule has 18 heavy (non-hydrogen) atoms. The van der Waals surface area contributed by atoms with Crippen LogP contribution in [-0.4, -0.2) is 54.2 Å². The van der Waals surface area contributed by atoms with Gasteiger partial charge in [-0.15, -0.1) is 0 Å². The zero-order valence-electron chi connectivity index (χ0n) is 11.6. The van der Waals surface area contributed by atoms with Gasteiger partial charge >= 0.3 is 0 Å². The van der Waals surface area contributed by atoms with Crippen LogP contribution >= 0.6 is 0 Å². The van der Waals surface area contributed by atoms with Crippen molar-refractivity contribution in [2.75, 3.05) is 33.2 Å². The Labute approximate surface area is 110 Å². The number of nitrogens with zero attached hydrogens (tertiary/aromatic N) is 2. The molecule has 0 amide bonds. The van der Waals surface area contributed by atoms with Gasteiger partial charge in [0.1, 0.15) is 0 Å². The predicted molar refractivity (Wildman–Crippen MR) is 74.7 cm³/mol. The average molecular weight is 248 g/mol.